The number of nitrogens with zero attached hydrogens (tertiary/aromatic N) is 1. The molecule has 2 aromatic rings. The van der Waals surface area contributed by atoms with E-state index in [2.05, 4.69) is 15.5 Å². The highest BCUT2D eigenvalue weighted by molar-refractivity contribution is 6.31. The van der Waals surface area contributed by atoms with E-state index in [1.54, 1.807) is 13.0 Å². The minimum Gasteiger partial charge on any atom is -0.465 e. The average molecular weight is 460 g/mol. The van der Waals surface area contributed by atoms with Crippen LogP contribution in [0, 0.1) is 0 Å². The number of likely N-dealkylation sites (tertiary alicyclic amines) is 1. The van der Waals surface area contributed by atoms with E-state index in [0.29, 0.717) is 22.3 Å². The molecule has 0 bridgehead atoms. The summed E-state index contributed by atoms with van der Waals surface area (Å²) in [6, 6.07) is 13.1. The van der Waals surface area contributed by atoms with Crippen LogP contribution in [0.25, 0.3) is 0 Å². The Morgan fingerprint density at radius 1 is 1.23 bits per heavy atom. The van der Waals surface area contributed by atoms with Crippen LogP contribution in [-0.4, -0.2) is 48.6 Å². The predicted molar refractivity (Wildman–Crippen MR) is 119 cm³/mol. The Balaban J connectivity index is 1.64. The van der Waals surface area contributed by atoms with Crippen LogP contribution in [0.1, 0.15) is 30.4 Å². The lowest BCUT2D eigenvalue weighted by Gasteiger charge is -2.35. The van der Waals surface area contributed by atoms with Gasteiger partial charge in [0.05, 0.1) is 13.2 Å². The summed E-state index contributed by atoms with van der Waals surface area (Å²) in [5.74, 6) is -0.604. The van der Waals surface area contributed by atoms with Crippen LogP contribution < -0.4 is 10.6 Å². The van der Waals surface area contributed by atoms with Crippen LogP contribution in [0.2, 0.25) is 10.0 Å². The SMILES string of the molecule is CCOC(=O)CN1CC[C@@H]2N[C@@]3(C(=O)Nc4cc(Cl)ccc43)[C@@H](c3cccc(Cl)c3)[C@@H]21. The molecule has 1 spiro atoms. The summed E-state index contributed by atoms with van der Waals surface area (Å²) in [5.41, 5.74) is 1.58. The van der Waals surface area contributed by atoms with Gasteiger partial charge in [0.15, 0.2) is 0 Å². The number of hydrogen-bond donors (Lipinski definition) is 2. The van der Waals surface area contributed by atoms with Crippen molar-refractivity contribution in [2.75, 3.05) is 25.0 Å². The number of esters is 1. The van der Waals surface area contributed by atoms with Gasteiger partial charge in [0.2, 0.25) is 5.91 Å². The van der Waals surface area contributed by atoms with Crippen molar-refractivity contribution in [1.29, 1.82) is 0 Å². The van der Waals surface area contributed by atoms with Gasteiger partial charge in [0, 0.05) is 45.8 Å². The standard InChI is InChI=1S/C23H23Cl2N3O3/c1-2-31-19(29)12-28-9-8-17-21(28)20(13-4-3-5-14(24)10-13)23(27-17)16-7-6-15(25)11-18(16)26-22(23)30/h3-7,10-11,17,20-21,27H,2,8-9,12H2,1H3,(H,26,30)/t17-,20-,21+,23+/m0/s1. The molecule has 1 amide bonds. The van der Waals surface area contributed by atoms with Crippen LogP contribution in [0.3, 0.4) is 0 Å². The van der Waals surface area contributed by atoms with Gasteiger partial charge in [-0.1, -0.05) is 41.4 Å². The van der Waals surface area contributed by atoms with E-state index in [9.17, 15) is 9.59 Å². The number of nitrogens with one attached hydrogen (secondary N) is 2. The molecule has 0 radical (unpaired) electrons. The zero-order chi connectivity index (χ0) is 21.8. The highest BCUT2D eigenvalue weighted by Crippen LogP contribution is 2.55. The predicted octanol–water partition coefficient (Wildman–Crippen LogP) is 3.53. The van der Waals surface area contributed by atoms with Crippen molar-refractivity contribution in [2.45, 2.75) is 36.9 Å². The lowest BCUT2D eigenvalue weighted by molar-refractivity contribution is -0.144. The Morgan fingerprint density at radius 2 is 2.03 bits per heavy atom. The van der Waals surface area contributed by atoms with Gasteiger partial charge in [-0.25, -0.2) is 0 Å². The monoisotopic (exact) mass is 459 g/mol. The van der Waals surface area contributed by atoms with Crippen LogP contribution >= 0.6 is 23.2 Å². The van der Waals surface area contributed by atoms with Crippen molar-refractivity contribution in [1.82, 2.24) is 10.2 Å². The van der Waals surface area contributed by atoms with E-state index in [1.807, 2.05) is 36.4 Å². The third-order valence-corrected chi connectivity index (χ3v) is 7.11. The maximum Gasteiger partial charge on any atom is 0.320 e. The van der Waals surface area contributed by atoms with Gasteiger partial charge >= 0.3 is 5.97 Å². The second-order valence-corrected chi connectivity index (χ2v) is 9.16. The number of ether oxygens (including phenoxy) is 1. The number of amides is 1. The van der Waals surface area contributed by atoms with Gasteiger partial charge in [-0.15, -0.1) is 0 Å². The summed E-state index contributed by atoms with van der Waals surface area (Å²) in [5, 5.41) is 7.87. The second-order valence-electron chi connectivity index (χ2n) is 8.29. The quantitative estimate of drug-likeness (QED) is 0.684. The molecule has 162 valence electrons. The first-order chi connectivity index (χ1) is 14.9. The van der Waals surface area contributed by atoms with Gasteiger partial charge in [0.1, 0.15) is 5.54 Å². The maximum absolute atomic E-state index is 13.5. The minimum absolute atomic E-state index is 0.0470. The lowest BCUT2D eigenvalue weighted by Crippen LogP contribution is -2.50. The van der Waals surface area contributed by atoms with Gasteiger partial charge in [-0.2, -0.15) is 0 Å². The molecule has 3 aliphatic rings. The van der Waals surface area contributed by atoms with Crippen LogP contribution in [0.4, 0.5) is 5.69 Å². The van der Waals surface area contributed by atoms with Crippen LogP contribution in [-0.2, 0) is 19.9 Å². The number of carbonyl (C=O) groups is 2. The van der Waals surface area contributed by atoms with E-state index in [-0.39, 0.29) is 36.4 Å². The number of halogens is 2. The molecule has 5 rings (SSSR count). The van der Waals surface area contributed by atoms with Gasteiger partial charge in [-0.3, -0.25) is 19.8 Å². The first-order valence-corrected chi connectivity index (χ1v) is 11.2. The summed E-state index contributed by atoms with van der Waals surface area (Å²) in [6.07, 6.45) is 0.832. The summed E-state index contributed by atoms with van der Waals surface area (Å²) in [7, 11) is 0. The van der Waals surface area contributed by atoms with E-state index >= 15 is 0 Å². The van der Waals surface area contributed by atoms with E-state index in [0.717, 1.165) is 24.1 Å². The van der Waals surface area contributed by atoms with Crippen molar-refractivity contribution in [3.05, 3.63) is 63.6 Å². The van der Waals surface area contributed by atoms with E-state index in [4.69, 9.17) is 27.9 Å². The third kappa shape index (κ3) is 3.24. The molecule has 8 heteroatoms. The molecule has 4 atom stereocenters. The lowest BCUT2D eigenvalue weighted by atomic mass is 9.74. The summed E-state index contributed by atoms with van der Waals surface area (Å²) in [6.45, 7) is 3.09. The Morgan fingerprint density at radius 3 is 2.81 bits per heavy atom. The smallest absolute Gasteiger partial charge is 0.320 e. The number of fused-ring (bicyclic) bond motifs is 3. The highest BCUT2D eigenvalue weighted by atomic mass is 35.5. The Kier molecular flexibility index (Phi) is 5.21. The summed E-state index contributed by atoms with van der Waals surface area (Å²) < 4.78 is 5.20. The molecule has 2 N–H and O–H groups in total. The fourth-order valence-corrected chi connectivity index (χ4v) is 5.95. The molecule has 31 heavy (non-hydrogen) atoms. The number of hydrogen-bond acceptors (Lipinski definition) is 5. The van der Waals surface area contributed by atoms with Crippen molar-refractivity contribution in [2.24, 2.45) is 0 Å². The number of anilines is 1. The number of benzene rings is 2. The number of carbonyl (C=O) groups excluding carboxylic acids is 2. The second kappa shape index (κ2) is 7.78. The van der Waals surface area contributed by atoms with Crippen molar-refractivity contribution in [3.8, 4) is 0 Å². The zero-order valence-electron chi connectivity index (χ0n) is 17.0. The van der Waals surface area contributed by atoms with Gasteiger partial charge in [0.25, 0.3) is 0 Å². The van der Waals surface area contributed by atoms with Crippen LogP contribution in [0.15, 0.2) is 42.5 Å². The largest absolute Gasteiger partial charge is 0.465 e. The van der Waals surface area contributed by atoms with Crippen molar-refractivity contribution >= 4 is 40.8 Å². The molecule has 2 aromatic carbocycles. The first-order valence-electron chi connectivity index (χ1n) is 10.5. The molecule has 3 heterocycles. The minimum atomic E-state index is -0.965. The Labute approximate surface area is 190 Å². The zero-order valence-corrected chi connectivity index (χ0v) is 18.5. The third-order valence-electron chi connectivity index (χ3n) is 6.64. The summed E-state index contributed by atoms with van der Waals surface area (Å²) in [4.78, 5) is 28.0. The molecule has 0 aliphatic carbocycles. The Bertz CT molecular complexity index is 1060. The molecule has 2 saturated heterocycles. The van der Waals surface area contributed by atoms with Crippen molar-refractivity contribution < 1.29 is 14.3 Å². The van der Waals surface area contributed by atoms with Gasteiger partial charge in [-0.05, 0) is 43.2 Å². The molecular formula is C23H23Cl2N3O3. The molecule has 0 unspecified atom stereocenters. The van der Waals surface area contributed by atoms with Crippen molar-refractivity contribution in [3.63, 3.8) is 0 Å². The van der Waals surface area contributed by atoms with Crippen LogP contribution in [0.5, 0.6) is 0 Å². The molecule has 0 saturated carbocycles. The first kappa shape index (κ1) is 20.8. The summed E-state index contributed by atoms with van der Waals surface area (Å²) >= 11 is 12.6. The van der Waals surface area contributed by atoms with E-state index < -0.39 is 5.54 Å². The number of rotatable bonds is 4. The topological polar surface area (TPSA) is 70.7 Å². The molecule has 6 nitrogen and oxygen atoms in total. The van der Waals surface area contributed by atoms with E-state index in [1.165, 1.54) is 0 Å². The van der Waals surface area contributed by atoms with Gasteiger partial charge < -0.3 is 10.1 Å². The fourth-order valence-electron chi connectivity index (χ4n) is 5.58. The maximum atomic E-state index is 13.5. The Hall–Kier alpha value is -2.12. The molecule has 3 aliphatic heterocycles. The fraction of sp³-hybridized carbons (Fsp3) is 0.391. The molecule has 2 fully saturated rings. The average Bonchev–Trinajstić information content (AvgIpc) is 3.34. The molecule has 0 aromatic heterocycles. The highest BCUT2D eigenvalue weighted by Gasteiger charge is 2.64. The normalized spacial score (nSPS) is 29.1. The molecular weight excluding hydrogens is 437 g/mol.